The van der Waals surface area contributed by atoms with Gasteiger partial charge in [-0.15, -0.1) is 0 Å². The van der Waals surface area contributed by atoms with E-state index in [2.05, 4.69) is 106 Å². The van der Waals surface area contributed by atoms with Crippen molar-refractivity contribution in [1.29, 1.82) is 0 Å². The van der Waals surface area contributed by atoms with E-state index in [0.29, 0.717) is 17.8 Å². The average molecular weight is 437 g/mol. The highest BCUT2D eigenvalue weighted by Crippen LogP contribution is 2.44. The summed E-state index contributed by atoms with van der Waals surface area (Å²) in [7, 11) is 0. The smallest absolute Gasteiger partial charge is 0.0102 e. The average Bonchev–Trinajstić information content (AvgIpc) is 2.68. The van der Waals surface area contributed by atoms with E-state index in [9.17, 15) is 0 Å². The first-order valence-electron chi connectivity index (χ1n) is 13.0. The largest absolute Gasteiger partial charge is 0.0853 e. The molecule has 0 heterocycles. The SMILES string of the molecule is CC(C)=CC=C(C)C(CC=C(C)C)C1CCCCC(C)C(CC=C(C)C)C1=CC=C(C)C. The van der Waals surface area contributed by atoms with E-state index in [1.165, 1.54) is 60.0 Å². The van der Waals surface area contributed by atoms with Crippen LogP contribution in [0.1, 0.15) is 108 Å². The number of hydrogen-bond acceptors (Lipinski definition) is 0. The minimum atomic E-state index is 0.566. The van der Waals surface area contributed by atoms with Crippen molar-refractivity contribution in [3.63, 3.8) is 0 Å². The second kappa shape index (κ2) is 14.6. The molecular weight excluding hydrogens is 384 g/mol. The third kappa shape index (κ3) is 10.4. The van der Waals surface area contributed by atoms with E-state index in [1.54, 1.807) is 5.57 Å². The van der Waals surface area contributed by atoms with Crippen molar-refractivity contribution >= 4 is 0 Å². The number of rotatable bonds is 8. The van der Waals surface area contributed by atoms with Gasteiger partial charge >= 0.3 is 0 Å². The zero-order valence-electron chi connectivity index (χ0n) is 23.0. The van der Waals surface area contributed by atoms with Gasteiger partial charge in [-0.25, -0.2) is 0 Å². The molecule has 0 heteroatoms. The maximum absolute atomic E-state index is 2.52. The minimum Gasteiger partial charge on any atom is -0.0853 e. The first kappa shape index (κ1) is 28.5. The fraction of sp³-hybridized carbons (Fsp3) is 0.625. The van der Waals surface area contributed by atoms with Crippen molar-refractivity contribution in [2.75, 3.05) is 0 Å². The molecule has 1 fully saturated rings. The van der Waals surface area contributed by atoms with Crippen LogP contribution in [0.2, 0.25) is 0 Å². The maximum Gasteiger partial charge on any atom is -0.0102 e. The van der Waals surface area contributed by atoms with Crippen molar-refractivity contribution in [3.05, 3.63) is 69.9 Å². The third-order valence-corrected chi connectivity index (χ3v) is 6.89. The van der Waals surface area contributed by atoms with Gasteiger partial charge in [-0.2, -0.15) is 0 Å². The van der Waals surface area contributed by atoms with Crippen LogP contribution >= 0.6 is 0 Å². The third-order valence-electron chi connectivity index (χ3n) is 6.89. The molecule has 32 heavy (non-hydrogen) atoms. The Morgan fingerprint density at radius 1 is 0.750 bits per heavy atom. The lowest BCUT2D eigenvalue weighted by Crippen LogP contribution is -2.28. The fourth-order valence-electron chi connectivity index (χ4n) is 4.93. The lowest BCUT2D eigenvalue weighted by Gasteiger charge is -2.38. The minimum absolute atomic E-state index is 0.566. The topological polar surface area (TPSA) is 0 Å². The van der Waals surface area contributed by atoms with Gasteiger partial charge in [0.1, 0.15) is 0 Å². The Hall–Kier alpha value is -1.56. The Bertz CT molecular complexity index is 746. The highest BCUT2D eigenvalue weighted by Gasteiger charge is 2.33. The van der Waals surface area contributed by atoms with Crippen molar-refractivity contribution in [2.45, 2.75) is 108 Å². The Balaban J connectivity index is 3.62. The van der Waals surface area contributed by atoms with Gasteiger partial charge < -0.3 is 0 Å². The predicted octanol–water partition coefficient (Wildman–Crippen LogP) is 10.6. The highest BCUT2D eigenvalue weighted by atomic mass is 14.4. The van der Waals surface area contributed by atoms with Gasteiger partial charge in [0.25, 0.3) is 0 Å². The summed E-state index contributed by atoms with van der Waals surface area (Å²) < 4.78 is 0. The maximum atomic E-state index is 2.52. The molecule has 1 aliphatic carbocycles. The summed E-state index contributed by atoms with van der Waals surface area (Å²) in [5, 5.41) is 0. The molecule has 0 saturated heterocycles. The predicted molar refractivity (Wildman–Crippen MR) is 147 cm³/mol. The van der Waals surface area contributed by atoms with Crippen LogP contribution in [0.15, 0.2) is 69.9 Å². The number of allylic oxidation sites excluding steroid dienone is 12. The molecule has 1 rings (SSSR count). The van der Waals surface area contributed by atoms with Crippen LogP contribution < -0.4 is 0 Å². The van der Waals surface area contributed by atoms with Crippen molar-refractivity contribution in [2.24, 2.45) is 23.7 Å². The Morgan fingerprint density at radius 2 is 1.34 bits per heavy atom. The normalized spacial score (nSPS) is 24.1. The standard InChI is InChI=1S/C32H52/c1-23(2)15-19-28(10)30(21-17-25(5)6)31-14-12-11-13-27(9)29(20-16-24(3)4)32(31)22-18-26(7)8/h15-19,22,27,29-31H,11-14,20-21H2,1-10H3. The summed E-state index contributed by atoms with van der Waals surface area (Å²) in [6.07, 6.45) is 22.2. The summed E-state index contributed by atoms with van der Waals surface area (Å²) in [4.78, 5) is 0. The van der Waals surface area contributed by atoms with Gasteiger partial charge in [-0.05, 0) is 105 Å². The molecule has 4 unspecified atom stereocenters. The monoisotopic (exact) mass is 436 g/mol. The molecule has 0 bridgehead atoms. The first-order chi connectivity index (χ1) is 15.0. The van der Waals surface area contributed by atoms with Crippen LogP contribution in [0.3, 0.4) is 0 Å². The molecular formula is C32H52. The van der Waals surface area contributed by atoms with Crippen LogP contribution in [-0.4, -0.2) is 0 Å². The molecule has 1 saturated carbocycles. The molecule has 4 atom stereocenters. The van der Waals surface area contributed by atoms with Gasteiger partial charge in [0, 0.05) is 0 Å². The van der Waals surface area contributed by atoms with Crippen LogP contribution in [0, 0.1) is 23.7 Å². The van der Waals surface area contributed by atoms with Gasteiger partial charge in [0.15, 0.2) is 0 Å². The zero-order chi connectivity index (χ0) is 24.3. The summed E-state index contributed by atoms with van der Waals surface area (Å²) in [5.41, 5.74) is 8.88. The molecule has 0 N–H and O–H groups in total. The fourth-order valence-corrected chi connectivity index (χ4v) is 4.93. The summed E-state index contributed by atoms with van der Waals surface area (Å²) in [6, 6.07) is 0. The lowest BCUT2D eigenvalue weighted by atomic mass is 9.67. The van der Waals surface area contributed by atoms with Gasteiger partial charge in [0.2, 0.25) is 0 Å². The lowest BCUT2D eigenvalue weighted by molar-refractivity contribution is 0.273. The molecule has 0 aromatic heterocycles. The van der Waals surface area contributed by atoms with E-state index in [1.807, 2.05) is 0 Å². The van der Waals surface area contributed by atoms with E-state index in [-0.39, 0.29) is 0 Å². The Labute approximate surface area is 201 Å². The van der Waals surface area contributed by atoms with Gasteiger partial charge in [0.05, 0.1) is 0 Å². The summed E-state index contributed by atoms with van der Waals surface area (Å²) in [6.45, 7) is 22.7. The molecule has 0 nitrogen and oxygen atoms in total. The van der Waals surface area contributed by atoms with Crippen molar-refractivity contribution in [1.82, 2.24) is 0 Å². The van der Waals surface area contributed by atoms with E-state index < -0.39 is 0 Å². The Kier molecular flexibility index (Phi) is 13.0. The van der Waals surface area contributed by atoms with Crippen LogP contribution in [0.5, 0.6) is 0 Å². The molecule has 180 valence electrons. The highest BCUT2D eigenvalue weighted by molar-refractivity contribution is 5.27. The van der Waals surface area contributed by atoms with Crippen LogP contribution in [0.25, 0.3) is 0 Å². The van der Waals surface area contributed by atoms with Crippen molar-refractivity contribution < 1.29 is 0 Å². The van der Waals surface area contributed by atoms with E-state index >= 15 is 0 Å². The molecule has 0 amide bonds. The molecule has 0 aromatic rings. The summed E-state index contributed by atoms with van der Waals surface area (Å²) >= 11 is 0. The second-order valence-electron chi connectivity index (χ2n) is 11.2. The molecule has 0 spiro atoms. The second-order valence-corrected chi connectivity index (χ2v) is 11.2. The zero-order valence-corrected chi connectivity index (χ0v) is 23.0. The van der Waals surface area contributed by atoms with E-state index in [4.69, 9.17) is 0 Å². The van der Waals surface area contributed by atoms with Gasteiger partial charge in [-0.3, -0.25) is 0 Å². The molecule has 0 aliphatic heterocycles. The Morgan fingerprint density at radius 3 is 1.91 bits per heavy atom. The van der Waals surface area contributed by atoms with Gasteiger partial charge in [-0.1, -0.05) is 96.1 Å². The van der Waals surface area contributed by atoms with E-state index in [0.717, 1.165) is 12.3 Å². The quantitative estimate of drug-likeness (QED) is 0.262. The van der Waals surface area contributed by atoms with Crippen LogP contribution in [-0.2, 0) is 0 Å². The summed E-state index contributed by atoms with van der Waals surface area (Å²) in [5.74, 6) is 2.55. The van der Waals surface area contributed by atoms with Crippen LogP contribution in [0.4, 0.5) is 0 Å². The molecule has 1 aliphatic rings. The molecule has 0 radical (unpaired) electrons. The first-order valence-corrected chi connectivity index (χ1v) is 13.0. The van der Waals surface area contributed by atoms with Crippen molar-refractivity contribution in [3.8, 4) is 0 Å². The molecule has 0 aromatic carbocycles. The number of hydrogen-bond donors (Lipinski definition) is 0.